The van der Waals surface area contributed by atoms with Gasteiger partial charge >= 0.3 is 5.97 Å². The average molecular weight is 332 g/mol. The molecule has 0 fully saturated rings. The average Bonchev–Trinajstić information content (AvgIpc) is 3.07. The second-order valence-corrected chi connectivity index (χ2v) is 5.86. The smallest absolute Gasteiger partial charge is 0.342 e. The molecule has 0 aliphatic heterocycles. The number of aryl methyl sites for hydroxylation is 2. The lowest BCUT2D eigenvalue weighted by Gasteiger charge is -2.04. The standard InChI is InChI=1S/C16H16N2O4S/c1-4-20-16(19)15-10(3)22-12-6-17-14(5-11(12)15)21-7-13-9(2)18-8-23-13/h5-6,8H,4,7H2,1-3H3. The molecule has 0 amide bonds. The van der Waals surface area contributed by atoms with Crippen molar-refractivity contribution in [1.29, 1.82) is 0 Å². The number of ether oxygens (including phenoxy) is 2. The summed E-state index contributed by atoms with van der Waals surface area (Å²) in [5.41, 5.74) is 3.68. The van der Waals surface area contributed by atoms with E-state index in [9.17, 15) is 4.79 Å². The molecular weight excluding hydrogens is 316 g/mol. The molecule has 0 aliphatic rings. The van der Waals surface area contributed by atoms with E-state index in [0.717, 1.165) is 10.6 Å². The van der Waals surface area contributed by atoms with Crippen molar-refractivity contribution in [2.45, 2.75) is 27.4 Å². The molecule has 3 rings (SSSR count). The maximum absolute atomic E-state index is 12.1. The summed E-state index contributed by atoms with van der Waals surface area (Å²) in [6, 6.07) is 1.70. The van der Waals surface area contributed by atoms with Crippen LogP contribution in [0.5, 0.6) is 5.88 Å². The maximum atomic E-state index is 12.1. The first-order chi connectivity index (χ1) is 11.1. The topological polar surface area (TPSA) is 74.5 Å². The number of nitrogens with zero attached hydrogens (tertiary/aromatic N) is 2. The summed E-state index contributed by atoms with van der Waals surface area (Å²) < 4.78 is 16.4. The highest BCUT2D eigenvalue weighted by atomic mass is 32.1. The number of thiazole rings is 1. The Hall–Kier alpha value is -2.41. The van der Waals surface area contributed by atoms with Gasteiger partial charge in [-0.3, -0.25) is 0 Å². The molecule has 0 saturated heterocycles. The Balaban J connectivity index is 1.89. The molecule has 6 nitrogen and oxygen atoms in total. The van der Waals surface area contributed by atoms with Crippen molar-refractivity contribution in [2.24, 2.45) is 0 Å². The van der Waals surface area contributed by atoms with Crippen molar-refractivity contribution in [1.82, 2.24) is 9.97 Å². The third kappa shape index (κ3) is 3.05. The molecular formula is C16H16N2O4S. The molecule has 0 atom stereocenters. The molecule has 3 heterocycles. The van der Waals surface area contributed by atoms with Crippen LogP contribution in [0.1, 0.15) is 33.6 Å². The number of furan rings is 1. The second kappa shape index (κ2) is 6.37. The lowest BCUT2D eigenvalue weighted by molar-refractivity contribution is 0.0526. The van der Waals surface area contributed by atoms with Crippen LogP contribution < -0.4 is 4.74 Å². The largest absolute Gasteiger partial charge is 0.472 e. The number of carbonyl (C=O) groups excluding carboxylic acids is 1. The van der Waals surface area contributed by atoms with Crippen molar-refractivity contribution in [2.75, 3.05) is 6.61 Å². The van der Waals surface area contributed by atoms with Gasteiger partial charge in [0, 0.05) is 11.5 Å². The summed E-state index contributed by atoms with van der Waals surface area (Å²) >= 11 is 1.53. The lowest BCUT2D eigenvalue weighted by Crippen LogP contribution is -2.05. The first kappa shape index (κ1) is 15.5. The number of esters is 1. The Morgan fingerprint density at radius 2 is 2.17 bits per heavy atom. The van der Waals surface area contributed by atoms with Crippen molar-refractivity contribution in [3.05, 3.63) is 39.7 Å². The molecule has 3 aromatic heterocycles. The van der Waals surface area contributed by atoms with E-state index in [4.69, 9.17) is 13.9 Å². The molecule has 0 aromatic carbocycles. The molecule has 7 heteroatoms. The number of carbonyl (C=O) groups is 1. The quantitative estimate of drug-likeness (QED) is 0.664. The van der Waals surface area contributed by atoms with Crippen molar-refractivity contribution >= 4 is 28.3 Å². The van der Waals surface area contributed by atoms with Crippen LogP contribution in [0.4, 0.5) is 0 Å². The molecule has 120 valence electrons. The van der Waals surface area contributed by atoms with Gasteiger partial charge in [0.15, 0.2) is 5.58 Å². The van der Waals surface area contributed by atoms with Crippen LogP contribution in [0.15, 0.2) is 22.2 Å². The van der Waals surface area contributed by atoms with Gasteiger partial charge < -0.3 is 13.9 Å². The predicted molar refractivity (Wildman–Crippen MR) is 85.9 cm³/mol. The number of fused-ring (bicyclic) bond motifs is 1. The van der Waals surface area contributed by atoms with Gasteiger partial charge in [0.2, 0.25) is 5.88 Å². The van der Waals surface area contributed by atoms with Crippen LogP contribution >= 0.6 is 11.3 Å². The summed E-state index contributed by atoms with van der Waals surface area (Å²) in [6.45, 7) is 6.13. The van der Waals surface area contributed by atoms with Gasteiger partial charge in [0.1, 0.15) is 17.9 Å². The van der Waals surface area contributed by atoms with Crippen LogP contribution in [-0.4, -0.2) is 22.5 Å². The van der Waals surface area contributed by atoms with Crippen LogP contribution in [0.25, 0.3) is 11.0 Å². The van der Waals surface area contributed by atoms with E-state index < -0.39 is 5.97 Å². The highest BCUT2D eigenvalue weighted by molar-refractivity contribution is 7.09. The third-order valence-electron chi connectivity index (χ3n) is 3.40. The van der Waals surface area contributed by atoms with E-state index in [1.54, 1.807) is 31.6 Å². The Morgan fingerprint density at radius 3 is 2.87 bits per heavy atom. The summed E-state index contributed by atoms with van der Waals surface area (Å²) in [6.07, 6.45) is 1.56. The van der Waals surface area contributed by atoms with Crippen LogP contribution in [-0.2, 0) is 11.3 Å². The van der Waals surface area contributed by atoms with E-state index in [2.05, 4.69) is 9.97 Å². The number of aromatic nitrogens is 2. The first-order valence-electron chi connectivity index (χ1n) is 7.18. The molecule has 0 saturated carbocycles. The van der Waals surface area contributed by atoms with Crippen LogP contribution in [0.2, 0.25) is 0 Å². The van der Waals surface area contributed by atoms with Crippen LogP contribution in [0, 0.1) is 13.8 Å². The fourth-order valence-corrected chi connectivity index (χ4v) is 2.93. The highest BCUT2D eigenvalue weighted by Crippen LogP contribution is 2.28. The van der Waals surface area contributed by atoms with Gasteiger partial charge in [-0.1, -0.05) is 0 Å². The monoisotopic (exact) mass is 332 g/mol. The number of rotatable bonds is 5. The van der Waals surface area contributed by atoms with Crippen molar-refractivity contribution in [3.8, 4) is 5.88 Å². The van der Waals surface area contributed by atoms with Gasteiger partial charge in [0.05, 0.1) is 28.9 Å². The Labute approximate surface area is 137 Å². The van der Waals surface area contributed by atoms with E-state index >= 15 is 0 Å². The Bertz CT molecular complexity index is 853. The highest BCUT2D eigenvalue weighted by Gasteiger charge is 2.20. The Morgan fingerprint density at radius 1 is 1.35 bits per heavy atom. The maximum Gasteiger partial charge on any atom is 0.342 e. The third-order valence-corrected chi connectivity index (χ3v) is 4.31. The SMILES string of the molecule is CCOC(=O)c1c(C)oc2cnc(OCc3scnc3C)cc12. The van der Waals surface area contributed by atoms with Crippen molar-refractivity contribution < 1.29 is 18.7 Å². The molecule has 0 bridgehead atoms. The zero-order valence-corrected chi connectivity index (χ0v) is 13.9. The predicted octanol–water partition coefficient (Wildman–Crippen LogP) is 3.66. The minimum atomic E-state index is -0.404. The summed E-state index contributed by atoms with van der Waals surface area (Å²) in [4.78, 5) is 21.5. The van der Waals surface area contributed by atoms with Gasteiger partial charge in [-0.2, -0.15) is 0 Å². The minimum Gasteiger partial charge on any atom is -0.472 e. The number of pyridine rings is 1. The normalized spacial score (nSPS) is 10.9. The zero-order valence-electron chi connectivity index (χ0n) is 13.1. The van der Waals surface area contributed by atoms with E-state index in [1.165, 1.54) is 11.3 Å². The zero-order chi connectivity index (χ0) is 16.4. The fourth-order valence-electron chi connectivity index (χ4n) is 2.25. The van der Waals surface area contributed by atoms with E-state index in [0.29, 0.717) is 41.4 Å². The molecule has 0 aliphatic carbocycles. The lowest BCUT2D eigenvalue weighted by atomic mass is 10.1. The van der Waals surface area contributed by atoms with E-state index in [-0.39, 0.29) is 0 Å². The molecule has 3 aromatic rings. The molecule has 0 unspecified atom stereocenters. The minimum absolute atomic E-state index is 0.310. The van der Waals surface area contributed by atoms with Crippen LogP contribution in [0.3, 0.4) is 0 Å². The summed E-state index contributed by atoms with van der Waals surface area (Å²) in [5.74, 6) is 0.534. The van der Waals surface area contributed by atoms with Crippen molar-refractivity contribution in [3.63, 3.8) is 0 Å². The molecule has 0 N–H and O–H groups in total. The molecule has 0 spiro atoms. The van der Waals surface area contributed by atoms with Gasteiger partial charge in [0.25, 0.3) is 0 Å². The first-order valence-corrected chi connectivity index (χ1v) is 8.06. The number of hydrogen-bond donors (Lipinski definition) is 0. The molecule has 0 radical (unpaired) electrons. The van der Waals surface area contributed by atoms with Gasteiger partial charge in [-0.05, 0) is 20.8 Å². The van der Waals surface area contributed by atoms with Gasteiger partial charge in [-0.25, -0.2) is 14.8 Å². The van der Waals surface area contributed by atoms with E-state index in [1.807, 2.05) is 6.92 Å². The van der Waals surface area contributed by atoms with Gasteiger partial charge in [-0.15, -0.1) is 11.3 Å². The number of hydrogen-bond acceptors (Lipinski definition) is 7. The second-order valence-electron chi connectivity index (χ2n) is 4.92. The summed E-state index contributed by atoms with van der Waals surface area (Å²) in [5, 5.41) is 0.645. The fraction of sp³-hybridized carbons (Fsp3) is 0.312. The Kier molecular flexibility index (Phi) is 4.29. The summed E-state index contributed by atoms with van der Waals surface area (Å²) in [7, 11) is 0. The molecule has 23 heavy (non-hydrogen) atoms.